The van der Waals surface area contributed by atoms with Crippen molar-refractivity contribution in [1.29, 1.82) is 0 Å². The summed E-state index contributed by atoms with van der Waals surface area (Å²) in [5.41, 5.74) is 3.29. The Morgan fingerprint density at radius 1 is 1.07 bits per heavy atom. The number of methoxy groups -OCH3 is 2. The molecule has 2 N–H and O–H groups in total. The fourth-order valence-electron chi connectivity index (χ4n) is 3.05. The minimum absolute atomic E-state index is 0.0533. The maximum Gasteiger partial charge on any atom is 0.276 e. The zero-order valence-corrected chi connectivity index (χ0v) is 17.1. The highest BCUT2D eigenvalue weighted by atomic mass is 32.2. The molecule has 1 aromatic heterocycles. The molecule has 3 rings (SSSR count). The standard InChI is InChI=1S/C18H21FN2O5S2/c1-25-13-9-12(19)17(10-14(13)26-2)28(23,24)21-20-18(22)16-8-11-6-4-3-5-7-15(11)27-16/h8-10,21H,3-7H2,1-2H3,(H,20,22). The third kappa shape index (κ3) is 4.29. The van der Waals surface area contributed by atoms with Gasteiger partial charge in [-0.3, -0.25) is 10.2 Å². The van der Waals surface area contributed by atoms with E-state index in [1.165, 1.54) is 32.0 Å². The highest BCUT2D eigenvalue weighted by molar-refractivity contribution is 7.89. The number of halogens is 1. The monoisotopic (exact) mass is 428 g/mol. The second kappa shape index (κ2) is 8.46. The Morgan fingerprint density at radius 3 is 2.46 bits per heavy atom. The van der Waals surface area contributed by atoms with E-state index in [4.69, 9.17) is 9.47 Å². The van der Waals surface area contributed by atoms with Crippen molar-refractivity contribution >= 4 is 27.3 Å². The van der Waals surface area contributed by atoms with Gasteiger partial charge in [0.1, 0.15) is 10.7 Å². The predicted molar refractivity (Wildman–Crippen MR) is 103 cm³/mol. The Balaban J connectivity index is 1.76. The van der Waals surface area contributed by atoms with Gasteiger partial charge in [-0.2, -0.15) is 0 Å². The molecule has 0 saturated heterocycles. The maximum atomic E-state index is 14.2. The number of hydrogen-bond donors (Lipinski definition) is 2. The van der Waals surface area contributed by atoms with Gasteiger partial charge in [-0.25, -0.2) is 12.8 Å². The number of hydrazine groups is 1. The van der Waals surface area contributed by atoms with Gasteiger partial charge in [0.05, 0.1) is 19.1 Å². The number of benzene rings is 1. The average molecular weight is 429 g/mol. The van der Waals surface area contributed by atoms with Gasteiger partial charge < -0.3 is 9.47 Å². The average Bonchev–Trinajstić information content (AvgIpc) is 2.96. The van der Waals surface area contributed by atoms with Crippen LogP contribution in [0.25, 0.3) is 0 Å². The van der Waals surface area contributed by atoms with Crippen molar-refractivity contribution in [1.82, 2.24) is 10.3 Å². The van der Waals surface area contributed by atoms with E-state index >= 15 is 0 Å². The van der Waals surface area contributed by atoms with E-state index in [1.54, 1.807) is 6.07 Å². The molecule has 0 spiro atoms. The molecule has 1 amide bonds. The van der Waals surface area contributed by atoms with Crippen molar-refractivity contribution in [3.8, 4) is 11.5 Å². The normalized spacial score (nSPS) is 14.1. The summed E-state index contributed by atoms with van der Waals surface area (Å²) in [4.78, 5) is 15.2. The van der Waals surface area contributed by atoms with Crippen LogP contribution in [-0.2, 0) is 22.9 Å². The second-order valence-electron chi connectivity index (χ2n) is 6.32. The number of hydrogen-bond acceptors (Lipinski definition) is 6. The van der Waals surface area contributed by atoms with Gasteiger partial charge in [-0.15, -0.1) is 16.2 Å². The van der Waals surface area contributed by atoms with E-state index < -0.39 is 26.6 Å². The van der Waals surface area contributed by atoms with Crippen LogP contribution in [0.2, 0.25) is 0 Å². The lowest BCUT2D eigenvalue weighted by atomic mass is 10.1. The summed E-state index contributed by atoms with van der Waals surface area (Å²) in [7, 11) is -1.73. The Labute approximate surface area is 166 Å². The predicted octanol–water partition coefficient (Wildman–Crippen LogP) is 2.80. The summed E-state index contributed by atoms with van der Waals surface area (Å²) >= 11 is 1.36. The number of carbonyl (C=O) groups excluding carboxylic acids is 1. The number of thiophene rings is 1. The van der Waals surface area contributed by atoms with Crippen molar-refractivity contribution in [3.05, 3.63) is 39.3 Å². The summed E-state index contributed by atoms with van der Waals surface area (Å²) in [6, 6.07) is 3.70. The van der Waals surface area contributed by atoms with Gasteiger partial charge in [0.25, 0.3) is 15.9 Å². The zero-order chi connectivity index (χ0) is 20.3. The number of ether oxygens (including phenoxy) is 2. The zero-order valence-electron chi connectivity index (χ0n) is 15.5. The van der Waals surface area contributed by atoms with E-state index in [0.29, 0.717) is 4.88 Å². The number of rotatable bonds is 6. The first kappa shape index (κ1) is 20.6. The van der Waals surface area contributed by atoms with Crippen LogP contribution in [0.1, 0.15) is 39.4 Å². The van der Waals surface area contributed by atoms with E-state index in [2.05, 4.69) is 5.43 Å². The summed E-state index contributed by atoms with van der Waals surface area (Å²) in [6.07, 6.45) is 5.17. The Morgan fingerprint density at radius 2 is 1.75 bits per heavy atom. The molecule has 28 heavy (non-hydrogen) atoms. The van der Waals surface area contributed by atoms with E-state index in [9.17, 15) is 17.6 Å². The highest BCUT2D eigenvalue weighted by Crippen LogP contribution is 2.32. The number of nitrogens with one attached hydrogen (secondary N) is 2. The SMILES string of the molecule is COc1cc(F)c(S(=O)(=O)NNC(=O)c2cc3c(s2)CCCCC3)cc1OC. The van der Waals surface area contributed by atoms with Gasteiger partial charge in [0, 0.05) is 17.0 Å². The van der Waals surface area contributed by atoms with Gasteiger partial charge in [-0.05, 0) is 37.3 Å². The molecule has 7 nitrogen and oxygen atoms in total. The van der Waals surface area contributed by atoms with Crippen molar-refractivity contribution < 1.29 is 27.1 Å². The number of aryl methyl sites for hydroxylation is 2. The van der Waals surface area contributed by atoms with E-state index in [-0.39, 0.29) is 11.5 Å². The molecule has 10 heteroatoms. The highest BCUT2D eigenvalue weighted by Gasteiger charge is 2.24. The largest absolute Gasteiger partial charge is 0.493 e. The number of carbonyl (C=O) groups is 1. The van der Waals surface area contributed by atoms with Crippen LogP contribution in [0, 0.1) is 5.82 Å². The molecule has 0 aliphatic heterocycles. The molecule has 1 aliphatic rings. The molecule has 0 unspecified atom stereocenters. The van der Waals surface area contributed by atoms with E-state index in [1.807, 2.05) is 4.83 Å². The smallest absolute Gasteiger partial charge is 0.276 e. The van der Waals surface area contributed by atoms with Crippen LogP contribution < -0.4 is 19.7 Å². The molecular weight excluding hydrogens is 407 g/mol. The van der Waals surface area contributed by atoms with Crippen LogP contribution in [0.4, 0.5) is 4.39 Å². The molecule has 152 valence electrons. The minimum atomic E-state index is -4.35. The molecule has 0 fully saturated rings. The fourth-order valence-corrected chi connectivity index (χ4v) is 5.11. The third-order valence-corrected chi connectivity index (χ3v) is 7.00. The lowest BCUT2D eigenvalue weighted by molar-refractivity contribution is 0.0949. The van der Waals surface area contributed by atoms with Gasteiger partial charge in [0.15, 0.2) is 11.5 Å². The first-order chi connectivity index (χ1) is 13.4. The molecule has 0 bridgehead atoms. The molecule has 1 heterocycles. The van der Waals surface area contributed by atoms with E-state index in [0.717, 1.165) is 48.3 Å². The van der Waals surface area contributed by atoms with Crippen molar-refractivity contribution in [2.75, 3.05) is 14.2 Å². The first-order valence-electron chi connectivity index (χ1n) is 8.71. The van der Waals surface area contributed by atoms with Crippen LogP contribution in [0.3, 0.4) is 0 Å². The lowest BCUT2D eigenvalue weighted by Gasteiger charge is -2.12. The fraction of sp³-hybridized carbons (Fsp3) is 0.389. The van der Waals surface area contributed by atoms with Gasteiger partial charge in [-0.1, -0.05) is 6.42 Å². The summed E-state index contributed by atoms with van der Waals surface area (Å²) in [5, 5.41) is 0. The summed E-state index contributed by atoms with van der Waals surface area (Å²) in [5.74, 6) is -1.49. The minimum Gasteiger partial charge on any atom is -0.493 e. The maximum absolute atomic E-state index is 14.2. The second-order valence-corrected chi connectivity index (χ2v) is 9.10. The molecule has 0 radical (unpaired) electrons. The van der Waals surface area contributed by atoms with Crippen LogP contribution in [0.5, 0.6) is 11.5 Å². The van der Waals surface area contributed by atoms with Crippen molar-refractivity contribution in [3.63, 3.8) is 0 Å². The van der Waals surface area contributed by atoms with Crippen molar-refractivity contribution in [2.45, 2.75) is 37.0 Å². The van der Waals surface area contributed by atoms with Gasteiger partial charge in [0.2, 0.25) is 0 Å². The quantitative estimate of drug-likeness (QED) is 0.545. The Kier molecular flexibility index (Phi) is 6.21. The molecular formula is C18H21FN2O5S2. The summed E-state index contributed by atoms with van der Waals surface area (Å²) < 4.78 is 49.0. The number of fused-ring (bicyclic) bond motifs is 1. The topological polar surface area (TPSA) is 93.7 Å². The first-order valence-corrected chi connectivity index (χ1v) is 11.0. The number of sulfonamides is 1. The number of amides is 1. The molecule has 0 saturated carbocycles. The Hall–Kier alpha value is -2.17. The molecule has 1 aromatic carbocycles. The van der Waals surface area contributed by atoms with Gasteiger partial charge >= 0.3 is 0 Å². The Bertz CT molecular complexity index is 965. The molecule has 1 aliphatic carbocycles. The lowest BCUT2D eigenvalue weighted by Crippen LogP contribution is -2.41. The molecule has 0 atom stereocenters. The molecule has 2 aromatic rings. The van der Waals surface area contributed by atoms with Crippen molar-refractivity contribution in [2.24, 2.45) is 0 Å². The van der Waals surface area contributed by atoms with Crippen LogP contribution in [-0.4, -0.2) is 28.5 Å². The van der Waals surface area contributed by atoms with Crippen LogP contribution in [0.15, 0.2) is 23.1 Å². The summed E-state index contributed by atoms with van der Waals surface area (Å²) in [6.45, 7) is 0. The van der Waals surface area contributed by atoms with Crippen LogP contribution >= 0.6 is 11.3 Å². The third-order valence-electron chi connectivity index (χ3n) is 4.50.